The molecule has 0 saturated carbocycles. The fourth-order valence-electron chi connectivity index (χ4n) is 2.86. The van der Waals surface area contributed by atoms with E-state index in [0.29, 0.717) is 0 Å². The summed E-state index contributed by atoms with van der Waals surface area (Å²) >= 11 is 0. The summed E-state index contributed by atoms with van der Waals surface area (Å²) in [4.78, 5) is 15.7. The summed E-state index contributed by atoms with van der Waals surface area (Å²) < 4.78 is 0.976. The van der Waals surface area contributed by atoms with Gasteiger partial charge in [-0.05, 0) is 33.1 Å². The lowest BCUT2D eigenvalue weighted by Gasteiger charge is -2.33. The minimum absolute atomic E-state index is 0.0586. The fourth-order valence-corrected chi connectivity index (χ4v) is 2.86. The van der Waals surface area contributed by atoms with Gasteiger partial charge >= 0.3 is 0 Å². The molecule has 0 aromatic rings. The van der Waals surface area contributed by atoms with Crippen molar-refractivity contribution in [2.24, 2.45) is 4.99 Å². The molecule has 0 fully saturated rings. The molecule has 4 heteroatoms. The highest BCUT2D eigenvalue weighted by atomic mass is 16.1. The molecule has 1 amide bonds. The predicted molar refractivity (Wildman–Crippen MR) is 84.8 cm³/mol. The van der Waals surface area contributed by atoms with Gasteiger partial charge in [-0.25, -0.2) is 4.99 Å². The monoisotopic (exact) mass is 280 g/mol. The summed E-state index contributed by atoms with van der Waals surface area (Å²) in [7, 11) is 0. The van der Waals surface area contributed by atoms with Crippen LogP contribution in [0.1, 0.15) is 46.5 Å². The fraction of sp³-hybridized carbons (Fsp3) is 0.750. The van der Waals surface area contributed by atoms with Gasteiger partial charge in [0.1, 0.15) is 13.1 Å². The van der Waals surface area contributed by atoms with Crippen molar-refractivity contribution in [2.75, 3.05) is 32.7 Å². The maximum atomic E-state index is 11.0. The largest absolute Gasteiger partial charge is 0.351 e. The third kappa shape index (κ3) is 5.08. The number of amidine groups is 1. The van der Waals surface area contributed by atoms with Crippen LogP contribution in [-0.4, -0.2) is 48.9 Å². The summed E-state index contributed by atoms with van der Waals surface area (Å²) in [6.07, 6.45) is 9.07. The Balaban J connectivity index is 2.44. The molecule has 0 spiro atoms. The van der Waals surface area contributed by atoms with Crippen molar-refractivity contribution in [1.29, 1.82) is 0 Å². The van der Waals surface area contributed by atoms with E-state index in [2.05, 4.69) is 31.3 Å². The molecule has 0 aromatic carbocycles. The van der Waals surface area contributed by atoms with E-state index in [4.69, 9.17) is 4.99 Å². The Labute approximate surface area is 123 Å². The van der Waals surface area contributed by atoms with Crippen LogP contribution in [0.25, 0.3) is 0 Å². The van der Waals surface area contributed by atoms with E-state index >= 15 is 0 Å². The van der Waals surface area contributed by atoms with Gasteiger partial charge in [-0.3, -0.25) is 9.28 Å². The van der Waals surface area contributed by atoms with Crippen LogP contribution in [0, 0.1) is 0 Å². The third-order valence-corrected chi connectivity index (χ3v) is 4.15. The van der Waals surface area contributed by atoms with Gasteiger partial charge in [-0.15, -0.1) is 0 Å². The van der Waals surface area contributed by atoms with Gasteiger partial charge in [0.15, 0.2) is 5.84 Å². The van der Waals surface area contributed by atoms with E-state index in [9.17, 15) is 4.79 Å². The molecule has 0 aliphatic carbocycles. The third-order valence-electron chi connectivity index (χ3n) is 4.15. The minimum Gasteiger partial charge on any atom is -0.351 e. The van der Waals surface area contributed by atoms with Crippen LogP contribution in [0.3, 0.4) is 0 Å². The van der Waals surface area contributed by atoms with Gasteiger partial charge in [0.25, 0.3) is 0 Å². The molecular formula is C16H30N3O+. The zero-order valence-electron chi connectivity index (χ0n) is 13.3. The summed E-state index contributed by atoms with van der Waals surface area (Å²) in [6.45, 7) is 10.7. The summed E-state index contributed by atoms with van der Waals surface area (Å²) in [5.41, 5.74) is 0. The molecule has 1 N–H and O–H groups in total. The quantitative estimate of drug-likeness (QED) is 0.393. The van der Waals surface area contributed by atoms with E-state index in [1.54, 1.807) is 6.92 Å². The summed E-state index contributed by atoms with van der Waals surface area (Å²) in [5.74, 6) is 1.40. The van der Waals surface area contributed by atoms with Crippen LogP contribution in [0.2, 0.25) is 0 Å². The lowest BCUT2D eigenvalue weighted by Crippen LogP contribution is -2.54. The number of nitrogens with zero attached hydrogens (tertiary/aromatic N) is 2. The number of hydrogen-bond acceptors (Lipinski definition) is 2. The molecule has 1 heterocycles. The van der Waals surface area contributed by atoms with Gasteiger partial charge in [0, 0.05) is 13.3 Å². The normalized spacial score (nSPS) is 22.2. The van der Waals surface area contributed by atoms with Crippen LogP contribution in [0.5, 0.6) is 0 Å². The second-order valence-electron chi connectivity index (χ2n) is 5.50. The molecular weight excluding hydrogens is 250 g/mol. The van der Waals surface area contributed by atoms with Crippen molar-refractivity contribution in [2.45, 2.75) is 46.5 Å². The molecule has 20 heavy (non-hydrogen) atoms. The average molecular weight is 280 g/mol. The minimum atomic E-state index is 0.0586. The lowest BCUT2D eigenvalue weighted by atomic mass is 10.1. The van der Waals surface area contributed by atoms with Crippen molar-refractivity contribution in [3.63, 3.8) is 0 Å². The molecule has 1 unspecified atom stereocenters. The molecule has 1 rings (SSSR count). The van der Waals surface area contributed by atoms with Gasteiger partial charge in [0.05, 0.1) is 19.6 Å². The lowest BCUT2D eigenvalue weighted by molar-refractivity contribution is -0.833. The van der Waals surface area contributed by atoms with Crippen molar-refractivity contribution in [3.8, 4) is 0 Å². The molecule has 114 valence electrons. The Morgan fingerprint density at radius 2 is 2.25 bits per heavy atom. The van der Waals surface area contributed by atoms with Gasteiger partial charge in [0.2, 0.25) is 5.91 Å². The van der Waals surface area contributed by atoms with Crippen LogP contribution >= 0.6 is 0 Å². The summed E-state index contributed by atoms with van der Waals surface area (Å²) in [6, 6.07) is 0. The average Bonchev–Trinajstić information content (AvgIpc) is 2.82. The van der Waals surface area contributed by atoms with Crippen LogP contribution < -0.4 is 5.32 Å². The van der Waals surface area contributed by atoms with Crippen LogP contribution in [-0.2, 0) is 4.79 Å². The maximum Gasteiger partial charge on any atom is 0.217 e. The molecule has 0 saturated heterocycles. The van der Waals surface area contributed by atoms with E-state index in [0.717, 1.165) is 43.6 Å². The molecule has 0 radical (unpaired) electrons. The molecule has 4 nitrogen and oxygen atoms in total. The zero-order valence-corrected chi connectivity index (χ0v) is 13.3. The van der Waals surface area contributed by atoms with Crippen molar-refractivity contribution < 1.29 is 9.28 Å². The highest BCUT2D eigenvalue weighted by Crippen LogP contribution is 2.19. The molecule has 1 atom stereocenters. The number of hydrogen-bond donors (Lipinski definition) is 1. The highest BCUT2D eigenvalue weighted by Gasteiger charge is 2.35. The Morgan fingerprint density at radius 3 is 2.90 bits per heavy atom. The number of carbonyl (C=O) groups excluding carboxylic acids is 1. The van der Waals surface area contributed by atoms with Gasteiger partial charge in [-0.2, -0.15) is 0 Å². The second-order valence-corrected chi connectivity index (χ2v) is 5.50. The SMILES string of the molecule is C/C=C/CCCCC1=NCC[N+]1(CC)CCNC(C)=O. The zero-order chi connectivity index (χ0) is 14.8. The van der Waals surface area contributed by atoms with Gasteiger partial charge < -0.3 is 5.32 Å². The second kappa shape index (κ2) is 8.90. The number of unbranched alkanes of at least 4 members (excludes halogenated alkanes) is 2. The van der Waals surface area contributed by atoms with E-state index in [1.165, 1.54) is 25.1 Å². The first-order valence-corrected chi connectivity index (χ1v) is 7.90. The van der Waals surface area contributed by atoms with Crippen molar-refractivity contribution in [3.05, 3.63) is 12.2 Å². The number of nitrogens with one attached hydrogen (secondary N) is 1. The first kappa shape index (κ1) is 16.9. The smallest absolute Gasteiger partial charge is 0.217 e. The summed E-state index contributed by atoms with van der Waals surface area (Å²) in [5, 5.41) is 2.92. The predicted octanol–water partition coefficient (Wildman–Crippen LogP) is 2.51. The van der Waals surface area contributed by atoms with Crippen LogP contribution in [0.4, 0.5) is 0 Å². The first-order chi connectivity index (χ1) is 9.64. The van der Waals surface area contributed by atoms with E-state index in [1.807, 2.05) is 0 Å². The number of amides is 1. The Morgan fingerprint density at radius 1 is 1.45 bits per heavy atom. The van der Waals surface area contributed by atoms with Crippen molar-refractivity contribution >= 4 is 11.7 Å². The molecule has 1 aliphatic heterocycles. The van der Waals surface area contributed by atoms with Crippen LogP contribution in [0.15, 0.2) is 17.1 Å². The number of likely N-dealkylation sites (N-methyl/N-ethyl adjacent to an activating group) is 1. The Hall–Kier alpha value is -1.16. The first-order valence-electron chi connectivity index (χ1n) is 7.90. The number of allylic oxidation sites excluding steroid dienone is 2. The Kier molecular flexibility index (Phi) is 7.52. The number of rotatable bonds is 9. The number of carbonyl (C=O) groups is 1. The van der Waals surface area contributed by atoms with Gasteiger partial charge in [-0.1, -0.05) is 12.2 Å². The highest BCUT2D eigenvalue weighted by molar-refractivity contribution is 5.77. The molecule has 1 aliphatic rings. The Bertz CT molecular complexity index is 363. The maximum absolute atomic E-state index is 11.0. The molecule has 0 aromatic heterocycles. The molecule has 0 bridgehead atoms. The number of quaternary nitrogens is 1. The number of aliphatic imine (C=N–C) groups is 1. The van der Waals surface area contributed by atoms with E-state index in [-0.39, 0.29) is 5.91 Å². The van der Waals surface area contributed by atoms with Crippen molar-refractivity contribution in [1.82, 2.24) is 5.32 Å². The van der Waals surface area contributed by atoms with E-state index < -0.39 is 0 Å². The standard InChI is InChI=1S/C16H29N3O/c1-4-6-7-8-9-10-16-18-12-14-19(16,5-2)13-11-17-15(3)20/h4,6H,5,7-14H2,1-3H3/p+1/b6-4+. The topological polar surface area (TPSA) is 41.5 Å².